The summed E-state index contributed by atoms with van der Waals surface area (Å²) in [5.74, 6) is 1.59. The lowest BCUT2D eigenvalue weighted by molar-refractivity contribution is 0.564. The zero-order chi connectivity index (χ0) is 13.9. The number of allylic oxidation sites excluding steroid dienone is 5. The molecule has 106 valence electrons. The van der Waals surface area contributed by atoms with Crippen molar-refractivity contribution in [3.8, 4) is 0 Å². The first kappa shape index (κ1) is 13.2. The predicted molar refractivity (Wildman–Crippen MR) is 84.2 cm³/mol. The molecule has 0 saturated heterocycles. The minimum Gasteiger partial charge on any atom is -0.326 e. The zero-order valence-corrected chi connectivity index (χ0v) is 12.4. The van der Waals surface area contributed by atoms with Crippen LogP contribution in [-0.4, -0.2) is 12.5 Å². The smallest absolute Gasteiger partial charge is 0.200 e. The molecule has 0 spiro atoms. The van der Waals surface area contributed by atoms with Crippen LogP contribution in [0.4, 0.5) is 0 Å². The number of rotatable bonds is 3. The lowest BCUT2D eigenvalue weighted by Crippen LogP contribution is -2.39. The lowest BCUT2D eigenvalue weighted by Gasteiger charge is -2.23. The van der Waals surface area contributed by atoms with E-state index in [-0.39, 0.29) is 0 Å². The Bertz CT molecular complexity index is 547. The first-order valence-electron chi connectivity index (χ1n) is 7.61. The fourth-order valence-corrected chi connectivity index (χ4v) is 3.03. The second-order valence-electron chi connectivity index (χ2n) is 5.84. The number of hydrogen-bond donors (Lipinski definition) is 2. The van der Waals surface area contributed by atoms with E-state index in [1.165, 1.54) is 35.4 Å². The Hall–Kier alpha value is -1.77. The highest BCUT2D eigenvalue weighted by atomic mass is 15.2. The molecule has 0 aromatic carbocycles. The van der Waals surface area contributed by atoms with Gasteiger partial charge in [0.25, 0.3) is 0 Å². The molecule has 1 unspecified atom stereocenters. The Morgan fingerprint density at radius 2 is 2.30 bits per heavy atom. The van der Waals surface area contributed by atoms with Gasteiger partial charge in [0.05, 0.1) is 6.54 Å². The number of nitrogens with zero attached hydrogens (tertiary/aromatic N) is 1. The van der Waals surface area contributed by atoms with E-state index in [1.807, 2.05) is 0 Å². The van der Waals surface area contributed by atoms with Crippen LogP contribution in [0.2, 0.25) is 0 Å². The molecule has 0 radical (unpaired) electrons. The molecule has 2 N–H and O–H groups in total. The monoisotopic (exact) mass is 269 g/mol. The molecule has 3 aliphatic rings. The van der Waals surface area contributed by atoms with Gasteiger partial charge in [-0.3, -0.25) is 0 Å². The van der Waals surface area contributed by atoms with Crippen LogP contribution in [0, 0.1) is 5.92 Å². The van der Waals surface area contributed by atoms with Crippen LogP contribution in [-0.2, 0) is 0 Å². The molecule has 2 aliphatic carbocycles. The Morgan fingerprint density at radius 1 is 1.40 bits per heavy atom. The van der Waals surface area contributed by atoms with Crippen molar-refractivity contribution in [3.05, 3.63) is 46.8 Å². The third kappa shape index (κ3) is 2.72. The van der Waals surface area contributed by atoms with Gasteiger partial charge in [-0.2, -0.15) is 0 Å². The number of aliphatic imine (C=N–C) groups is 1. The van der Waals surface area contributed by atoms with Gasteiger partial charge in [-0.15, -0.1) is 0 Å². The average molecular weight is 269 g/mol. The molecular formula is C17H23N3. The van der Waals surface area contributed by atoms with E-state index >= 15 is 0 Å². The van der Waals surface area contributed by atoms with Gasteiger partial charge in [-0.25, -0.2) is 4.99 Å². The van der Waals surface area contributed by atoms with Gasteiger partial charge in [0, 0.05) is 11.4 Å². The topological polar surface area (TPSA) is 36.4 Å². The summed E-state index contributed by atoms with van der Waals surface area (Å²) in [4.78, 5) is 4.58. The van der Waals surface area contributed by atoms with Crippen LogP contribution in [0.5, 0.6) is 0 Å². The predicted octanol–water partition coefficient (Wildman–Crippen LogP) is 3.40. The van der Waals surface area contributed by atoms with Crippen molar-refractivity contribution >= 4 is 5.96 Å². The third-order valence-corrected chi connectivity index (χ3v) is 4.19. The van der Waals surface area contributed by atoms with Crippen molar-refractivity contribution < 1.29 is 0 Å². The van der Waals surface area contributed by atoms with Crippen molar-refractivity contribution in [2.24, 2.45) is 10.9 Å². The number of hydrogen-bond acceptors (Lipinski definition) is 3. The van der Waals surface area contributed by atoms with Crippen molar-refractivity contribution in [2.45, 2.75) is 39.5 Å². The molecule has 0 fully saturated rings. The van der Waals surface area contributed by atoms with Crippen molar-refractivity contribution in [1.82, 2.24) is 10.6 Å². The maximum absolute atomic E-state index is 4.58. The molecule has 3 heteroatoms. The van der Waals surface area contributed by atoms with E-state index in [0.29, 0.717) is 5.92 Å². The highest BCUT2D eigenvalue weighted by Crippen LogP contribution is 2.26. The summed E-state index contributed by atoms with van der Waals surface area (Å²) < 4.78 is 0. The van der Waals surface area contributed by atoms with Crippen LogP contribution in [0.1, 0.15) is 39.5 Å². The van der Waals surface area contributed by atoms with Crippen LogP contribution in [0.3, 0.4) is 0 Å². The molecule has 20 heavy (non-hydrogen) atoms. The first-order valence-corrected chi connectivity index (χ1v) is 7.61. The first-order chi connectivity index (χ1) is 9.76. The fraction of sp³-hybridized carbons (Fsp3) is 0.471. The standard InChI is InChI=1S/C17H23N3/c1-3-5-13-8-9-15(12(2)10-13)19-17-18-11-14-6-4-7-16(14)20-17/h4,7-9,13H,3,5-6,10-11H2,1-2H3,(H2,18,19,20). The SMILES string of the molecule is CCCC1C=CC(NC2=NCC3=C(C=CC3)N2)=C(C)C1. The quantitative estimate of drug-likeness (QED) is 0.824. The fourth-order valence-electron chi connectivity index (χ4n) is 3.03. The van der Waals surface area contributed by atoms with Crippen LogP contribution in [0.25, 0.3) is 0 Å². The molecule has 1 heterocycles. The molecule has 1 aliphatic heterocycles. The van der Waals surface area contributed by atoms with Crippen LogP contribution >= 0.6 is 0 Å². The van der Waals surface area contributed by atoms with Crippen molar-refractivity contribution in [2.75, 3.05) is 6.54 Å². The highest BCUT2D eigenvalue weighted by molar-refractivity contribution is 5.85. The zero-order valence-electron chi connectivity index (χ0n) is 12.4. The van der Waals surface area contributed by atoms with Crippen molar-refractivity contribution in [3.63, 3.8) is 0 Å². The van der Waals surface area contributed by atoms with Gasteiger partial charge in [0.2, 0.25) is 5.96 Å². The van der Waals surface area contributed by atoms with Crippen LogP contribution in [0.15, 0.2) is 51.8 Å². The summed E-state index contributed by atoms with van der Waals surface area (Å²) in [6.07, 6.45) is 13.6. The van der Waals surface area contributed by atoms with Gasteiger partial charge in [-0.1, -0.05) is 25.5 Å². The van der Waals surface area contributed by atoms with Gasteiger partial charge in [-0.05, 0) is 55.4 Å². The van der Waals surface area contributed by atoms with E-state index in [1.54, 1.807) is 0 Å². The highest BCUT2D eigenvalue weighted by Gasteiger charge is 2.18. The summed E-state index contributed by atoms with van der Waals surface area (Å²) in [7, 11) is 0. The molecule has 0 aromatic heterocycles. The molecule has 0 bridgehead atoms. The normalized spacial score (nSPS) is 24.7. The minimum atomic E-state index is 0.707. The van der Waals surface area contributed by atoms with E-state index in [0.717, 1.165) is 25.3 Å². The summed E-state index contributed by atoms with van der Waals surface area (Å²) in [5, 5.41) is 6.83. The lowest BCUT2D eigenvalue weighted by atomic mass is 9.90. The molecule has 1 atom stereocenters. The maximum Gasteiger partial charge on any atom is 0.200 e. The molecule has 3 nitrogen and oxygen atoms in total. The van der Waals surface area contributed by atoms with Crippen LogP contribution < -0.4 is 10.6 Å². The van der Waals surface area contributed by atoms with Gasteiger partial charge in [0.1, 0.15) is 0 Å². The van der Waals surface area contributed by atoms with E-state index in [4.69, 9.17) is 0 Å². The van der Waals surface area contributed by atoms with E-state index in [2.05, 4.69) is 53.8 Å². The van der Waals surface area contributed by atoms with E-state index < -0.39 is 0 Å². The number of nitrogens with one attached hydrogen (secondary N) is 2. The molecular weight excluding hydrogens is 246 g/mol. The average Bonchev–Trinajstić information content (AvgIpc) is 2.90. The molecule has 3 rings (SSSR count). The second kappa shape index (κ2) is 5.70. The summed E-state index contributed by atoms with van der Waals surface area (Å²) >= 11 is 0. The Morgan fingerprint density at radius 3 is 3.10 bits per heavy atom. The Kier molecular flexibility index (Phi) is 3.77. The Labute approximate surface area is 121 Å². The Balaban J connectivity index is 1.63. The second-order valence-corrected chi connectivity index (χ2v) is 5.84. The van der Waals surface area contributed by atoms with E-state index in [9.17, 15) is 0 Å². The molecule has 0 aromatic rings. The summed E-state index contributed by atoms with van der Waals surface area (Å²) in [6, 6.07) is 0. The maximum atomic E-state index is 4.58. The van der Waals surface area contributed by atoms with Gasteiger partial charge < -0.3 is 10.6 Å². The molecule has 0 saturated carbocycles. The summed E-state index contributed by atoms with van der Waals surface area (Å²) in [5.41, 5.74) is 5.25. The van der Waals surface area contributed by atoms with Crippen molar-refractivity contribution in [1.29, 1.82) is 0 Å². The molecule has 0 amide bonds. The largest absolute Gasteiger partial charge is 0.326 e. The van der Waals surface area contributed by atoms with Gasteiger partial charge in [0.15, 0.2) is 0 Å². The van der Waals surface area contributed by atoms with Gasteiger partial charge >= 0.3 is 0 Å². The number of guanidine groups is 1. The third-order valence-electron chi connectivity index (χ3n) is 4.19. The summed E-state index contributed by atoms with van der Waals surface area (Å²) in [6.45, 7) is 5.28. The minimum absolute atomic E-state index is 0.707.